The highest BCUT2D eigenvalue weighted by atomic mass is 127. The Bertz CT molecular complexity index is 495. The highest BCUT2D eigenvalue weighted by Crippen LogP contribution is 2.16. The van der Waals surface area contributed by atoms with Crippen LogP contribution in [0.4, 0.5) is 4.39 Å². The van der Waals surface area contributed by atoms with Crippen LogP contribution in [0.1, 0.15) is 23.2 Å². The third-order valence-electron chi connectivity index (χ3n) is 3.51. The van der Waals surface area contributed by atoms with Crippen molar-refractivity contribution in [2.75, 3.05) is 54.4 Å². The minimum absolute atomic E-state index is 0.0774. The first-order valence-electron chi connectivity index (χ1n) is 7.85. The first-order valence-corrected chi connectivity index (χ1v) is 8.93. The fraction of sp³-hybridized carbons (Fsp3) is 0.588. The van der Waals surface area contributed by atoms with Crippen molar-refractivity contribution in [1.29, 1.82) is 0 Å². The summed E-state index contributed by atoms with van der Waals surface area (Å²) in [5.41, 5.74) is 0.459. The molecule has 0 fully saturated rings. The Morgan fingerprint density at radius 1 is 1.00 bits per heavy atom. The first-order chi connectivity index (χ1) is 10.8. The third kappa shape index (κ3) is 7.58. The Balaban J connectivity index is 2.79. The summed E-state index contributed by atoms with van der Waals surface area (Å²) in [6.45, 7) is 3.24. The van der Waals surface area contributed by atoms with Gasteiger partial charge in [-0.1, -0.05) is 0 Å². The number of carbonyl (C=O) groups is 1. The number of nitrogens with zero attached hydrogens (tertiary/aromatic N) is 3. The highest BCUT2D eigenvalue weighted by molar-refractivity contribution is 14.1. The molecule has 1 aromatic carbocycles. The van der Waals surface area contributed by atoms with Crippen molar-refractivity contribution in [2.45, 2.75) is 12.8 Å². The summed E-state index contributed by atoms with van der Waals surface area (Å²) in [6, 6.07) is 4.39. The Kier molecular flexibility index (Phi) is 9.01. The molecule has 0 saturated heterocycles. The molecule has 1 aromatic rings. The number of halogens is 2. The zero-order chi connectivity index (χ0) is 17.4. The SMILES string of the molecule is CN(C)CCCN(CCCN(C)C)C(=O)c1cc(F)ccc1I. The first kappa shape index (κ1) is 20.3. The molecule has 1 amide bonds. The molecule has 130 valence electrons. The second-order valence-corrected chi connectivity index (χ2v) is 7.39. The Morgan fingerprint density at radius 3 is 2.00 bits per heavy atom. The second kappa shape index (κ2) is 10.2. The van der Waals surface area contributed by atoms with Gasteiger partial charge in [-0.15, -0.1) is 0 Å². The fourth-order valence-corrected chi connectivity index (χ4v) is 2.87. The molecule has 4 nitrogen and oxygen atoms in total. The summed E-state index contributed by atoms with van der Waals surface area (Å²) < 4.78 is 14.3. The number of carbonyl (C=O) groups excluding carboxylic acids is 1. The molecule has 6 heteroatoms. The normalized spacial score (nSPS) is 11.3. The van der Waals surface area contributed by atoms with Gasteiger partial charge in [-0.05, 0) is 94.9 Å². The van der Waals surface area contributed by atoms with Crippen molar-refractivity contribution in [1.82, 2.24) is 14.7 Å². The smallest absolute Gasteiger partial charge is 0.255 e. The van der Waals surface area contributed by atoms with Crippen LogP contribution in [0.5, 0.6) is 0 Å². The molecule has 0 radical (unpaired) electrons. The Morgan fingerprint density at radius 2 is 1.52 bits per heavy atom. The lowest BCUT2D eigenvalue weighted by atomic mass is 10.1. The highest BCUT2D eigenvalue weighted by Gasteiger charge is 2.18. The van der Waals surface area contributed by atoms with Gasteiger partial charge in [0, 0.05) is 16.7 Å². The van der Waals surface area contributed by atoms with E-state index in [0.29, 0.717) is 18.7 Å². The van der Waals surface area contributed by atoms with E-state index in [1.807, 2.05) is 33.1 Å². The van der Waals surface area contributed by atoms with Crippen molar-refractivity contribution in [3.05, 3.63) is 33.1 Å². The van der Waals surface area contributed by atoms with Crippen molar-refractivity contribution in [2.24, 2.45) is 0 Å². The van der Waals surface area contributed by atoms with Crippen LogP contribution in [-0.4, -0.2) is 75.0 Å². The van der Waals surface area contributed by atoms with Gasteiger partial charge < -0.3 is 14.7 Å². The maximum absolute atomic E-state index is 13.5. The maximum atomic E-state index is 13.5. The van der Waals surface area contributed by atoms with E-state index < -0.39 is 0 Å². The quantitative estimate of drug-likeness (QED) is 0.559. The zero-order valence-electron chi connectivity index (χ0n) is 14.5. The Labute approximate surface area is 152 Å². The predicted octanol–water partition coefficient (Wildman–Crippen LogP) is 2.78. The average molecular weight is 435 g/mol. The van der Waals surface area contributed by atoms with Gasteiger partial charge in [0.05, 0.1) is 5.56 Å². The lowest BCUT2D eigenvalue weighted by Crippen LogP contribution is -2.36. The van der Waals surface area contributed by atoms with Crippen LogP contribution in [0.15, 0.2) is 18.2 Å². The van der Waals surface area contributed by atoms with Gasteiger partial charge in [0.2, 0.25) is 0 Å². The van der Waals surface area contributed by atoms with Crippen molar-refractivity contribution in [3.63, 3.8) is 0 Å². The van der Waals surface area contributed by atoms with Gasteiger partial charge >= 0.3 is 0 Å². The molecule has 0 unspecified atom stereocenters. The number of rotatable bonds is 9. The number of hydrogen-bond acceptors (Lipinski definition) is 3. The van der Waals surface area contributed by atoms with Crippen molar-refractivity contribution < 1.29 is 9.18 Å². The number of benzene rings is 1. The summed E-state index contributed by atoms with van der Waals surface area (Å²) >= 11 is 2.09. The van der Waals surface area contributed by atoms with Crippen LogP contribution >= 0.6 is 22.6 Å². The van der Waals surface area contributed by atoms with Gasteiger partial charge in [-0.2, -0.15) is 0 Å². The van der Waals surface area contributed by atoms with Crippen molar-refractivity contribution in [3.8, 4) is 0 Å². The second-order valence-electron chi connectivity index (χ2n) is 6.23. The van der Waals surface area contributed by atoms with Gasteiger partial charge in [-0.3, -0.25) is 4.79 Å². The molecule has 0 aliphatic heterocycles. The van der Waals surface area contributed by atoms with Crippen LogP contribution in [0, 0.1) is 9.39 Å². The summed E-state index contributed by atoms with van der Waals surface area (Å²) in [6.07, 6.45) is 1.82. The van der Waals surface area contributed by atoms with E-state index in [4.69, 9.17) is 0 Å². The van der Waals surface area contributed by atoms with Crippen LogP contribution in [0.2, 0.25) is 0 Å². The number of amides is 1. The van der Waals surface area contributed by atoms with Crippen LogP contribution in [0.3, 0.4) is 0 Å². The standard InChI is InChI=1S/C17H27FIN3O/c1-20(2)9-5-11-22(12-6-10-21(3)4)17(23)15-13-14(18)7-8-16(15)19/h7-8,13H,5-6,9-12H2,1-4H3. The minimum atomic E-state index is -0.365. The molecular weight excluding hydrogens is 408 g/mol. The van der Waals surface area contributed by atoms with Gasteiger partial charge in [0.25, 0.3) is 5.91 Å². The lowest BCUT2D eigenvalue weighted by molar-refractivity contribution is 0.0743. The molecule has 0 aliphatic carbocycles. The van der Waals surface area contributed by atoms with E-state index in [2.05, 4.69) is 32.4 Å². The predicted molar refractivity (Wildman–Crippen MR) is 101 cm³/mol. The van der Waals surface area contributed by atoms with E-state index in [9.17, 15) is 9.18 Å². The van der Waals surface area contributed by atoms with E-state index in [1.165, 1.54) is 12.1 Å². The minimum Gasteiger partial charge on any atom is -0.339 e. The molecule has 0 atom stereocenters. The van der Waals surface area contributed by atoms with Gasteiger partial charge in [0.15, 0.2) is 0 Å². The molecule has 0 bridgehead atoms. The summed E-state index contributed by atoms with van der Waals surface area (Å²) in [7, 11) is 8.09. The van der Waals surface area contributed by atoms with Crippen molar-refractivity contribution >= 4 is 28.5 Å². The summed E-state index contributed by atoms with van der Waals surface area (Å²) in [4.78, 5) is 18.9. The van der Waals surface area contributed by atoms with Gasteiger partial charge in [-0.25, -0.2) is 4.39 Å². The summed E-state index contributed by atoms with van der Waals surface area (Å²) in [5.74, 6) is -0.443. The van der Waals surface area contributed by atoms with Gasteiger partial charge in [0.1, 0.15) is 5.82 Å². The molecule has 0 saturated carbocycles. The Hall–Kier alpha value is -0.730. The molecule has 0 spiro atoms. The molecule has 23 heavy (non-hydrogen) atoms. The third-order valence-corrected chi connectivity index (χ3v) is 4.45. The van der Waals surface area contributed by atoms with E-state index in [1.54, 1.807) is 6.07 Å². The monoisotopic (exact) mass is 435 g/mol. The molecule has 0 N–H and O–H groups in total. The maximum Gasteiger partial charge on any atom is 0.255 e. The van der Waals surface area contributed by atoms with Crippen LogP contribution in [0.25, 0.3) is 0 Å². The fourth-order valence-electron chi connectivity index (χ4n) is 2.30. The average Bonchev–Trinajstić information content (AvgIpc) is 2.47. The molecule has 0 aromatic heterocycles. The van der Waals surface area contributed by atoms with E-state index >= 15 is 0 Å². The lowest BCUT2D eigenvalue weighted by Gasteiger charge is -2.25. The van der Waals surface area contributed by atoms with Crippen LogP contribution in [-0.2, 0) is 0 Å². The van der Waals surface area contributed by atoms with E-state index in [-0.39, 0.29) is 11.7 Å². The summed E-state index contributed by atoms with van der Waals surface area (Å²) in [5, 5.41) is 0. The zero-order valence-corrected chi connectivity index (χ0v) is 16.6. The molecule has 0 heterocycles. The van der Waals surface area contributed by atoms with Crippen LogP contribution < -0.4 is 0 Å². The largest absolute Gasteiger partial charge is 0.339 e. The topological polar surface area (TPSA) is 26.8 Å². The number of hydrogen-bond donors (Lipinski definition) is 0. The van der Waals surface area contributed by atoms with E-state index in [0.717, 1.165) is 29.5 Å². The molecular formula is C17H27FIN3O. The molecule has 1 rings (SSSR count). The molecule has 0 aliphatic rings.